The summed E-state index contributed by atoms with van der Waals surface area (Å²) in [7, 11) is 0. The molecular weight excluding hydrogens is 600 g/mol. The zero-order valence-electron chi connectivity index (χ0n) is 27.5. The molecule has 9 nitrogen and oxygen atoms in total. The lowest BCUT2D eigenvalue weighted by atomic mass is 9.90. The summed E-state index contributed by atoms with van der Waals surface area (Å²) in [6, 6.07) is 21.5. The smallest absolute Gasteiger partial charge is 0.343 e. The lowest BCUT2D eigenvalue weighted by Crippen LogP contribution is -2.43. The molecule has 0 N–H and O–H groups in total. The zero-order chi connectivity index (χ0) is 33.0. The van der Waals surface area contributed by atoms with Gasteiger partial charge in [0.1, 0.15) is 11.5 Å². The van der Waals surface area contributed by atoms with Gasteiger partial charge < -0.3 is 33.2 Å². The average Bonchev–Trinajstić information content (AvgIpc) is 3.06. The molecule has 0 saturated carbocycles. The first-order chi connectivity index (χ1) is 22.8. The van der Waals surface area contributed by atoms with Crippen LogP contribution in [-0.2, 0) is 23.7 Å². The zero-order valence-corrected chi connectivity index (χ0v) is 27.5. The van der Waals surface area contributed by atoms with Crippen LogP contribution in [0.1, 0.15) is 60.2 Å². The predicted molar refractivity (Wildman–Crippen MR) is 177 cm³/mol. The third-order valence-electron chi connectivity index (χ3n) is 8.18. The highest BCUT2D eigenvalue weighted by Crippen LogP contribution is 2.28. The van der Waals surface area contributed by atoms with Crippen molar-refractivity contribution in [2.24, 2.45) is 10.8 Å². The normalized spacial score (nSPS) is 16.0. The second-order valence-electron chi connectivity index (χ2n) is 13.1. The maximum absolute atomic E-state index is 12.7. The molecule has 3 aromatic rings. The van der Waals surface area contributed by atoms with E-state index in [0.717, 1.165) is 69.8 Å². The van der Waals surface area contributed by atoms with Crippen molar-refractivity contribution in [1.82, 2.24) is 0 Å². The molecule has 9 heteroatoms. The fourth-order valence-corrected chi connectivity index (χ4v) is 5.12. The number of esters is 2. The first-order valence-corrected chi connectivity index (χ1v) is 16.4. The van der Waals surface area contributed by atoms with Gasteiger partial charge >= 0.3 is 11.9 Å². The van der Waals surface area contributed by atoms with Crippen molar-refractivity contribution in [3.8, 4) is 22.6 Å². The van der Waals surface area contributed by atoms with Gasteiger partial charge in [0.2, 0.25) is 0 Å². The highest BCUT2D eigenvalue weighted by molar-refractivity contribution is 5.91. The molecule has 252 valence electrons. The molecule has 2 aliphatic heterocycles. The van der Waals surface area contributed by atoms with Crippen LogP contribution in [0.2, 0.25) is 0 Å². The molecule has 0 spiro atoms. The number of unbranched alkanes of at least 4 members (excludes halogenated alkanes) is 2. The minimum Gasteiger partial charge on any atom is -0.494 e. The summed E-state index contributed by atoms with van der Waals surface area (Å²) >= 11 is 0. The molecule has 2 aliphatic rings. The van der Waals surface area contributed by atoms with Crippen molar-refractivity contribution in [2.75, 3.05) is 66.1 Å². The Kier molecular flexibility index (Phi) is 12.4. The van der Waals surface area contributed by atoms with Crippen LogP contribution in [0, 0.1) is 10.8 Å². The molecule has 2 heterocycles. The maximum Gasteiger partial charge on any atom is 0.343 e. The van der Waals surface area contributed by atoms with Gasteiger partial charge in [0.15, 0.2) is 0 Å². The van der Waals surface area contributed by atoms with E-state index >= 15 is 0 Å². The average molecular weight is 647 g/mol. The Hall–Kier alpha value is -3.76. The summed E-state index contributed by atoms with van der Waals surface area (Å²) in [6.45, 7) is 11.1. The van der Waals surface area contributed by atoms with E-state index < -0.39 is 5.97 Å². The van der Waals surface area contributed by atoms with Crippen LogP contribution in [0.25, 0.3) is 11.1 Å². The fraction of sp³-hybridized carbons (Fsp3) is 0.474. The molecule has 0 aliphatic carbocycles. The number of carbonyl (C=O) groups excluding carboxylic acids is 2. The highest BCUT2D eigenvalue weighted by Gasteiger charge is 2.34. The van der Waals surface area contributed by atoms with Crippen LogP contribution in [0.4, 0.5) is 0 Å². The van der Waals surface area contributed by atoms with E-state index in [4.69, 9.17) is 33.2 Å². The summed E-state index contributed by atoms with van der Waals surface area (Å²) in [5, 5.41) is 0. The number of hydrogen-bond donors (Lipinski definition) is 0. The Balaban J connectivity index is 0.966. The summed E-state index contributed by atoms with van der Waals surface area (Å²) in [5.41, 5.74) is 3.13. The highest BCUT2D eigenvalue weighted by atomic mass is 16.5. The van der Waals surface area contributed by atoms with Crippen LogP contribution in [-0.4, -0.2) is 78.0 Å². The minimum absolute atomic E-state index is 0.152. The Morgan fingerprint density at radius 3 is 1.55 bits per heavy atom. The van der Waals surface area contributed by atoms with E-state index in [1.165, 1.54) is 0 Å². The van der Waals surface area contributed by atoms with Gasteiger partial charge in [-0.15, -0.1) is 0 Å². The second-order valence-corrected chi connectivity index (χ2v) is 13.1. The molecule has 0 atom stereocenters. The lowest BCUT2D eigenvalue weighted by Gasteiger charge is -2.37. The Bertz CT molecular complexity index is 1410. The number of ether oxygens (including phenoxy) is 7. The van der Waals surface area contributed by atoms with Gasteiger partial charge in [-0.25, -0.2) is 9.59 Å². The van der Waals surface area contributed by atoms with Gasteiger partial charge in [-0.2, -0.15) is 0 Å². The second kappa shape index (κ2) is 16.9. The van der Waals surface area contributed by atoms with Crippen LogP contribution < -0.4 is 9.47 Å². The SMILES string of the molecule is CC1(COCCCCOC(=O)c2ccc(-c3ccc(OC(=O)c4ccc(OCCCCOCC5(C)COC5)cc4)cc3)cc2)COC1. The van der Waals surface area contributed by atoms with Gasteiger partial charge in [-0.05, 0) is 85.3 Å². The number of carbonyl (C=O) groups is 2. The summed E-state index contributed by atoms with van der Waals surface area (Å²) in [4.78, 5) is 25.1. The van der Waals surface area contributed by atoms with E-state index in [2.05, 4.69) is 13.8 Å². The number of benzene rings is 3. The van der Waals surface area contributed by atoms with Crippen LogP contribution >= 0.6 is 0 Å². The van der Waals surface area contributed by atoms with Crippen molar-refractivity contribution >= 4 is 11.9 Å². The summed E-state index contributed by atoms with van der Waals surface area (Å²) in [6.07, 6.45) is 3.40. The van der Waals surface area contributed by atoms with Crippen molar-refractivity contribution in [2.45, 2.75) is 39.5 Å². The maximum atomic E-state index is 12.7. The molecule has 5 rings (SSSR count). The monoisotopic (exact) mass is 646 g/mol. The third kappa shape index (κ3) is 10.6. The van der Waals surface area contributed by atoms with Gasteiger partial charge in [0.25, 0.3) is 0 Å². The van der Waals surface area contributed by atoms with E-state index in [1.54, 1.807) is 48.5 Å². The van der Waals surface area contributed by atoms with Gasteiger partial charge in [-0.1, -0.05) is 38.1 Å². The van der Waals surface area contributed by atoms with Gasteiger partial charge in [0.05, 0.1) is 64.0 Å². The quantitative estimate of drug-likeness (QED) is 0.0793. The molecular formula is C38H46O9. The molecule has 0 aromatic heterocycles. The van der Waals surface area contributed by atoms with Crippen LogP contribution in [0.5, 0.6) is 11.5 Å². The molecule has 0 bridgehead atoms. The number of hydrogen-bond acceptors (Lipinski definition) is 9. The number of rotatable bonds is 19. The van der Waals surface area contributed by atoms with E-state index in [-0.39, 0.29) is 16.8 Å². The van der Waals surface area contributed by atoms with Gasteiger partial charge in [0, 0.05) is 24.0 Å². The largest absolute Gasteiger partial charge is 0.494 e. The molecule has 3 aromatic carbocycles. The topological polar surface area (TPSA) is 98.8 Å². The Labute approximate surface area is 277 Å². The third-order valence-corrected chi connectivity index (χ3v) is 8.18. The van der Waals surface area contributed by atoms with Crippen molar-refractivity contribution in [3.05, 3.63) is 83.9 Å². The molecule has 0 amide bonds. The lowest BCUT2D eigenvalue weighted by molar-refractivity contribution is -0.138. The standard InChI is InChI=1S/C38H46O9/c1-37(25-43-26-37)23-41-19-3-5-21-45-33-15-13-32(14-16-33)36(40)47-34-17-11-30(12-18-34)29-7-9-31(10-8-29)35(39)46-22-6-4-20-42-24-38(2)27-44-28-38/h7-18H,3-6,19-28H2,1-2H3. The summed E-state index contributed by atoms with van der Waals surface area (Å²) < 4.78 is 38.7. The first kappa shape index (κ1) is 34.6. The van der Waals surface area contributed by atoms with E-state index in [9.17, 15) is 9.59 Å². The van der Waals surface area contributed by atoms with Crippen molar-refractivity contribution in [3.63, 3.8) is 0 Å². The predicted octanol–water partition coefficient (Wildman–Crippen LogP) is 6.78. The van der Waals surface area contributed by atoms with Crippen molar-refractivity contribution in [1.29, 1.82) is 0 Å². The molecule has 0 unspecified atom stereocenters. The molecule has 47 heavy (non-hydrogen) atoms. The first-order valence-electron chi connectivity index (χ1n) is 16.4. The molecule has 2 fully saturated rings. The van der Waals surface area contributed by atoms with E-state index in [1.807, 2.05) is 24.3 Å². The molecule has 2 saturated heterocycles. The molecule has 0 radical (unpaired) electrons. The fourth-order valence-electron chi connectivity index (χ4n) is 5.12. The van der Waals surface area contributed by atoms with Crippen LogP contribution in [0.3, 0.4) is 0 Å². The van der Waals surface area contributed by atoms with Gasteiger partial charge in [-0.3, -0.25) is 0 Å². The minimum atomic E-state index is -0.444. The Morgan fingerprint density at radius 1 is 0.574 bits per heavy atom. The summed E-state index contributed by atoms with van der Waals surface area (Å²) in [5.74, 6) is 0.359. The van der Waals surface area contributed by atoms with E-state index in [0.29, 0.717) is 55.7 Å². The Morgan fingerprint density at radius 2 is 1.02 bits per heavy atom. The van der Waals surface area contributed by atoms with Crippen LogP contribution in [0.15, 0.2) is 72.8 Å². The van der Waals surface area contributed by atoms with Crippen molar-refractivity contribution < 1.29 is 42.7 Å².